The smallest absolute Gasteiger partial charge is 0.341 e. The van der Waals surface area contributed by atoms with Gasteiger partial charge in [0, 0.05) is 12.1 Å². The third-order valence-corrected chi connectivity index (χ3v) is 4.20. The number of hydrogen-bond donors (Lipinski definition) is 0. The Hall–Kier alpha value is -1.20. The molecule has 108 valence electrons. The molecule has 1 aromatic heterocycles. The topological polar surface area (TPSA) is 61.3 Å². The number of aromatic nitrogens is 2. The fourth-order valence-electron chi connectivity index (χ4n) is 3.00. The van der Waals surface area contributed by atoms with Gasteiger partial charge in [0.2, 0.25) is 0 Å². The molecule has 3 heterocycles. The van der Waals surface area contributed by atoms with Crippen LogP contribution in [0, 0.1) is 0 Å². The molecule has 0 saturated carbocycles. The first-order valence-electron chi connectivity index (χ1n) is 6.97. The second-order valence-corrected chi connectivity index (χ2v) is 5.43. The number of hydrogen-bond acceptors (Lipinski definition) is 5. The van der Waals surface area contributed by atoms with Crippen LogP contribution >= 0.6 is 11.6 Å². The zero-order valence-electron chi connectivity index (χ0n) is 11.3. The molecular formula is C14H17ClN2O3. The summed E-state index contributed by atoms with van der Waals surface area (Å²) in [7, 11) is 0. The maximum atomic E-state index is 11.8. The Balaban J connectivity index is 1.85. The van der Waals surface area contributed by atoms with Gasteiger partial charge in [0.05, 0.1) is 30.4 Å². The molecule has 0 aliphatic carbocycles. The van der Waals surface area contributed by atoms with Crippen molar-refractivity contribution in [1.82, 2.24) is 9.97 Å². The molecular weight excluding hydrogens is 280 g/mol. The molecule has 0 spiro atoms. The van der Waals surface area contributed by atoms with E-state index >= 15 is 0 Å². The Morgan fingerprint density at radius 3 is 3.00 bits per heavy atom. The number of nitrogens with zero attached hydrogens (tertiary/aromatic N) is 2. The minimum Gasteiger partial charge on any atom is -0.462 e. The van der Waals surface area contributed by atoms with E-state index in [1.165, 1.54) is 6.20 Å². The monoisotopic (exact) mass is 296 g/mol. The Kier molecular flexibility index (Phi) is 3.89. The van der Waals surface area contributed by atoms with Crippen molar-refractivity contribution < 1.29 is 14.3 Å². The first-order valence-corrected chi connectivity index (χ1v) is 7.50. The van der Waals surface area contributed by atoms with Crippen LogP contribution in [-0.2, 0) is 15.4 Å². The molecule has 2 aliphatic rings. The van der Waals surface area contributed by atoms with Crippen molar-refractivity contribution >= 4 is 17.6 Å². The highest BCUT2D eigenvalue weighted by Crippen LogP contribution is 2.43. The van der Waals surface area contributed by atoms with E-state index in [-0.39, 0.29) is 17.9 Å². The number of ether oxygens (including phenoxy) is 2. The summed E-state index contributed by atoms with van der Waals surface area (Å²) in [6.07, 6.45) is 5.25. The van der Waals surface area contributed by atoms with Crippen LogP contribution in [0.1, 0.15) is 54.0 Å². The quantitative estimate of drug-likeness (QED) is 0.631. The molecule has 2 bridgehead atoms. The van der Waals surface area contributed by atoms with Gasteiger partial charge < -0.3 is 9.47 Å². The SMILES string of the molecule is CCOC(=O)c1cnc(C2CC3CCC2O3)nc1CCl. The van der Waals surface area contributed by atoms with Gasteiger partial charge >= 0.3 is 5.97 Å². The molecule has 0 aromatic carbocycles. The predicted molar refractivity (Wildman–Crippen MR) is 72.8 cm³/mol. The number of carbonyl (C=O) groups is 1. The van der Waals surface area contributed by atoms with Crippen molar-refractivity contribution in [2.24, 2.45) is 0 Å². The van der Waals surface area contributed by atoms with Crippen molar-refractivity contribution in [3.63, 3.8) is 0 Å². The van der Waals surface area contributed by atoms with E-state index in [0.29, 0.717) is 24.0 Å². The highest BCUT2D eigenvalue weighted by atomic mass is 35.5. The average Bonchev–Trinajstić information content (AvgIpc) is 3.09. The third-order valence-electron chi connectivity index (χ3n) is 3.95. The second kappa shape index (κ2) is 5.66. The zero-order valence-corrected chi connectivity index (χ0v) is 12.1. The van der Waals surface area contributed by atoms with Crippen LogP contribution in [0.5, 0.6) is 0 Å². The molecule has 1 aromatic rings. The molecule has 3 rings (SSSR count). The molecule has 6 heteroatoms. The van der Waals surface area contributed by atoms with Crippen LogP contribution < -0.4 is 0 Å². The average molecular weight is 297 g/mol. The fourth-order valence-corrected chi connectivity index (χ4v) is 3.21. The van der Waals surface area contributed by atoms with E-state index in [9.17, 15) is 4.79 Å². The van der Waals surface area contributed by atoms with E-state index in [0.717, 1.165) is 25.1 Å². The standard InChI is InChI=1S/C14H17ClN2O3/c1-2-19-14(18)10-7-16-13(17-11(10)6-15)9-5-8-3-4-12(9)20-8/h7-9,12H,2-6H2,1H3. The summed E-state index contributed by atoms with van der Waals surface area (Å²) in [5.41, 5.74) is 0.896. The van der Waals surface area contributed by atoms with Crippen LogP contribution in [0.4, 0.5) is 0 Å². The number of rotatable bonds is 4. The van der Waals surface area contributed by atoms with Crippen molar-refractivity contribution in [3.05, 3.63) is 23.3 Å². The van der Waals surface area contributed by atoms with Crippen molar-refractivity contribution in [3.8, 4) is 0 Å². The number of fused-ring (bicyclic) bond motifs is 2. The highest BCUT2D eigenvalue weighted by Gasteiger charge is 2.43. The first-order chi connectivity index (χ1) is 9.72. The number of carbonyl (C=O) groups excluding carboxylic acids is 1. The summed E-state index contributed by atoms with van der Waals surface area (Å²) >= 11 is 5.90. The largest absolute Gasteiger partial charge is 0.462 e. The van der Waals surface area contributed by atoms with Gasteiger partial charge in [0.1, 0.15) is 11.4 Å². The van der Waals surface area contributed by atoms with E-state index in [2.05, 4.69) is 9.97 Å². The first kappa shape index (κ1) is 13.8. The number of halogens is 1. The van der Waals surface area contributed by atoms with Gasteiger partial charge in [-0.3, -0.25) is 0 Å². The second-order valence-electron chi connectivity index (χ2n) is 5.16. The summed E-state index contributed by atoms with van der Waals surface area (Å²) in [6.45, 7) is 2.09. The predicted octanol–water partition coefficient (Wildman–Crippen LogP) is 2.43. The summed E-state index contributed by atoms with van der Waals surface area (Å²) in [4.78, 5) is 20.6. The Labute approximate surface area is 122 Å². The van der Waals surface area contributed by atoms with Crippen LogP contribution in [0.25, 0.3) is 0 Å². The Morgan fingerprint density at radius 1 is 1.55 bits per heavy atom. The van der Waals surface area contributed by atoms with Crippen LogP contribution in [0.3, 0.4) is 0 Å². The Bertz CT molecular complexity index is 523. The van der Waals surface area contributed by atoms with Crippen molar-refractivity contribution in [2.75, 3.05) is 6.61 Å². The lowest BCUT2D eigenvalue weighted by molar-refractivity contribution is 0.0524. The lowest BCUT2D eigenvalue weighted by Crippen LogP contribution is -2.19. The van der Waals surface area contributed by atoms with Gasteiger partial charge in [-0.1, -0.05) is 0 Å². The van der Waals surface area contributed by atoms with Crippen LogP contribution in [0.2, 0.25) is 0 Å². The molecule has 20 heavy (non-hydrogen) atoms. The molecule has 0 radical (unpaired) electrons. The van der Waals surface area contributed by atoms with E-state index in [1.54, 1.807) is 6.92 Å². The van der Waals surface area contributed by atoms with Gasteiger partial charge in [-0.05, 0) is 26.2 Å². The molecule has 2 aliphatic heterocycles. The maximum Gasteiger partial charge on any atom is 0.341 e. The van der Waals surface area contributed by atoms with Crippen molar-refractivity contribution in [2.45, 2.75) is 50.2 Å². The zero-order chi connectivity index (χ0) is 14.1. The van der Waals surface area contributed by atoms with Gasteiger partial charge in [-0.25, -0.2) is 14.8 Å². The molecule has 5 nitrogen and oxygen atoms in total. The summed E-state index contributed by atoms with van der Waals surface area (Å²) in [6, 6.07) is 0. The van der Waals surface area contributed by atoms with Crippen molar-refractivity contribution in [1.29, 1.82) is 0 Å². The van der Waals surface area contributed by atoms with Gasteiger partial charge in [0.25, 0.3) is 0 Å². The van der Waals surface area contributed by atoms with Gasteiger partial charge in [-0.2, -0.15) is 0 Å². The summed E-state index contributed by atoms with van der Waals surface area (Å²) < 4.78 is 10.8. The lowest BCUT2D eigenvalue weighted by Gasteiger charge is -2.18. The van der Waals surface area contributed by atoms with Gasteiger partial charge in [0.15, 0.2) is 0 Å². The normalized spacial score (nSPS) is 27.8. The summed E-state index contributed by atoms with van der Waals surface area (Å²) in [5.74, 6) is 0.720. The number of esters is 1. The molecule has 0 N–H and O–H groups in total. The molecule has 0 amide bonds. The minimum atomic E-state index is -0.418. The highest BCUT2D eigenvalue weighted by molar-refractivity contribution is 6.17. The van der Waals surface area contributed by atoms with E-state index < -0.39 is 5.97 Å². The lowest BCUT2D eigenvalue weighted by atomic mass is 9.88. The van der Waals surface area contributed by atoms with E-state index in [4.69, 9.17) is 21.1 Å². The molecule has 3 atom stereocenters. The van der Waals surface area contributed by atoms with Crippen LogP contribution in [-0.4, -0.2) is 34.8 Å². The molecule has 3 unspecified atom stereocenters. The third kappa shape index (κ3) is 2.40. The van der Waals surface area contributed by atoms with E-state index in [1.807, 2.05) is 0 Å². The number of alkyl halides is 1. The Morgan fingerprint density at radius 2 is 2.40 bits per heavy atom. The van der Waals surface area contributed by atoms with Gasteiger partial charge in [-0.15, -0.1) is 11.6 Å². The van der Waals surface area contributed by atoms with Crippen LogP contribution in [0.15, 0.2) is 6.20 Å². The molecule has 2 fully saturated rings. The summed E-state index contributed by atoms with van der Waals surface area (Å²) in [5, 5.41) is 0. The minimum absolute atomic E-state index is 0.172. The maximum absolute atomic E-state index is 11.8. The molecule has 2 saturated heterocycles. The fraction of sp³-hybridized carbons (Fsp3) is 0.643.